The molecule has 1 unspecified atom stereocenters. The first-order valence-electron chi connectivity index (χ1n) is 11.3. The number of hydrazone groups is 1. The molecule has 2 heterocycles. The van der Waals surface area contributed by atoms with E-state index in [1.54, 1.807) is 31.2 Å². The minimum Gasteiger partial charge on any atom is -0.490 e. The maximum Gasteiger partial charge on any atom is 0.373 e. The fourth-order valence-corrected chi connectivity index (χ4v) is 3.48. The van der Waals surface area contributed by atoms with Crippen LogP contribution in [0, 0.1) is 24.0 Å². The van der Waals surface area contributed by atoms with Gasteiger partial charge in [-0.2, -0.15) is 10.2 Å². The van der Waals surface area contributed by atoms with Crippen LogP contribution in [0.15, 0.2) is 39.9 Å². The zero-order valence-electron chi connectivity index (χ0n) is 21.0. The second-order valence-corrected chi connectivity index (χ2v) is 7.82. The molecule has 1 atom stereocenters. The average molecular weight is 514 g/mol. The Balaban J connectivity index is 1.65. The summed E-state index contributed by atoms with van der Waals surface area (Å²) in [7, 11) is 1.27. The van der Waals surface area contributed by atoms with Gasteiger partial charge in [-0.15, -0.1) is 0 Å². The number of esters is 1. The first kappa shape index (κ1) is 26.9. The number of carbonyl (C=O) groups excluding carboxylic acids is 2. The Morgan fingerprint density at radius 3 is 2.65 bits per heavy atom. The molecule has 37 heavy (non-hydrogen) atoms. The van der Waals surface area contributed by atoms with Crippen LogP contribution in [0.1, 0.15) is 53.2 Å². The van der Waals surface area contributed by atoms with Crippen LogP contribution >= 0.6 is 0 Å². The predicted octanol–water partition coefficient (Wildman–Crippen LogP) is 3.48. The van der Waals surface area contributed by atoms with E-state index in [0.29, 0.717) is 29.4 Å². The third-order valence-electron chi connectivity index (χ3n) is 5.29. The van der Waals surface area contributed by atoms with Crippen LogP contribution in [0.25, 0.3) is 0 Å². The summed E-state index contributed by atoms with van der Waals surface area (Å²) in [4.78, 5) is 34.8. The van der Waals surface area contributed by atoms with Crippen molar-refractivity contribution in [3.05, 3.63) is 68.9 Å². The number of nitro groups is 1. The molecule has 0 aliphatic carbocycles. The molecule has 1 amide bonds. The highest BCUT2D eigenvalue weighted by Crippen LogP contribution is 2.29. The van der Waals surface area contributed by atoms with Crippen molar-refractivity contribution in [2.45, 2.75) is 40.3 Å². The second-order valence-electron chi connectivity index (χ2n) is 7.82. The number of hydrogen-bond donors (Lipinski definition) is 1. The monoisotopic (exact) mass is 513 g/mol. The molecular formula is C24H27N5O8. The molecule has 0 spiro atoms. The molecule has 0 aliphatic heterocycles. The second kappa shape index (κ2) is 11.8. The number of benzene rings is 1. The highest BCUT2D eigenvalue weighted by atomic mass is 16.6. The first-order valence-corrected chi connectivity index (χ1v) is 11.3. The van der Waals surface area contributed by atoms with Crippen LogP contribution in [-0.2, 0) is 16.1 Å². The van der Waals surface area contributed by atoms with Crippen LogP contribution in [0.5, 0.6) is 11.5 Å². The van der Waals surface area contributed by atoms with Gasteiger partial charge in [0.2, 0.25) is 5.76 Å². The SMILES string of the molecule is CCOc1cc(/C=N/NC(=O)C(C)n2nc(C)c([N+](=O)[O-])c2C)ccc1OCc1ccc(C(=O)OC)o1. The van der Waals surface area contributed by atoms with Gasteiger partial charge in [-0.25, -0.2) is 10.2 Å². The maximum absolute atomic E-state index is 12.5. The summed E-state index contributed by atoms with van der Waals surface area (Å²) in [5.74, 6) is 0.317. The zero-order valence-corrected chi connectivity index (χ0v) is 21.0. The van der Waals surface area contributed by atoms with Gasteiger partial charge in [0.25, 0.3) is 5.91 Å². The summed E-state index contributed by atoms with van der Waals surface area (Å²) in [5.41, 5.74) is 3.43. The Bertz CT molecular complexity index is 1330. The van der Waals surface area contributed by atoms with Crippen molar-refractivity contribution in [3.8, 4) is 11.5 Å². The van der Waals surface area contributed by atoms with E-state index in [-0.39, 0.29) is 29.4 Å². The lowest BCUT2D eigenvalue weighted by atomic mass is 10.2. The van der Waals surface area contributed by atoms with Crippen LogP contribution < -0.4 is 14.9 Å². The number of carbonyl (C=O) groups is 2. The van der Waals surface area contributed by atoms with Crippen LogP contribution in [0.3, 0.4) is 0 Å². The molecule has 0 saturated carbocycles. The lowest BCUT2D eigenvalue weighted by Crippen LogP contribution is -2.28. The molecular weight excluding hydrogens is 486 g/mol. The van der Waals surface area contributed by atoms with Gasteiger partial charge < -0.3 is 18.6 Å². The number of hydrogen-bond acceptors (Lipinski definition) is 10. The molecule has 0 bridgehead atoms. The summed E-state index contributed by atoms with van der Waals surface area (Å²) in [5, 5.41) is 19.3. The van der Waals surface area contributed by atoms with E-state index in [0.717, 1.165) is 0 Å². The van der Waals surface area contributed by atoms with Gasteiger partial charge in [-0.3, -0.25) is 19.6 Å². The number of methoxy groups -OCH3 is 1. The van der Waals surface area contributed by atoms with Gasteiger partial charge >= 0.3 is 11.7 Å². The number of amides is 1. The van der Waals surface area contributed by atoms with Crippen LogP contribution in [-0.4, -0.2) is 46.5 Å². The Kier molecular flexibility index (Phi) is 8.61. The molecule has 13 nitrogen and oxygen atoms in total. The van der Waals surface area contributed by atoms with E-state index in [1.807, 2.05) is 6.92 Å². The summed E-state index contributed by atoms with van der Waals surface area (Å²) >= 11 is 0. The fourth-order valence-electron chi connectivity index (χ4n) is 3.48. The largest absolute Gasteiger partial charge is 0.490 e. The van der Waals surface area contributed by atoms with Gasteiger partial charge in [-0.1, -0.05) is 0 Å². The summed E-state index contributed by atoms with van der Waals surface area (Å²) in [6, 6.07) is 7.37. The molecule has 3 rings (SSSR count). The maximum atomic E-state index is 12.5. The quantitative estimate of drug-likeness (QED) is 0.175. The van der Waals surface area contributed by atoms with E-state index >= 15 is 0 Å². The lowest BCUT2D eigenvalue weighted by molar-refractivity contribution is -0.386. The van der Waals surface area contributed by atoms with E-state index in [4.69, 9.17) is 13.9 Å². The Labute approximate surface area is 212 Å². The normalized spacial score (nSPS) is 11.8. The first-order chi connectivity index (χ1) is 17.7. The standard InChI is InChI=1S/C24H27N5O8/c1-6-35-21-11-17(7-9-19(21)36-13-18-8-10-20(37-18)24(31)34-5)12-25-26-23(30)16(4)28-15(3)22(29(32)33)14(2)27-28/h7-12,16H,6,13H2,1-5H3,(H,26,30)/b25-12+. The Morgan fingerprint density at radius 2 is 2.00 bits per heavy atom. The molecule has 0 saturated heterocycles. The van der Waals surface area contributed by atoms with Crippen LogP contribution in [0.2, 0.25) is 0 Å². The number of nitrogens with zero attached hydrogens (tertiary/aromatic N) is 4. The number of ether oxygens (including phenoxy) is 3. The molecule has 1 aromatic carbocycles. The highest BCUT2D eigenvalue weighted by molar-refractivity contribution is 5.86. The molecule has 2 aromatic heterocycles. The van der Waals surface area contributed by atoms with E-state index < -0.39 is 22.8 Å². The van der Waals surface area contributed by atoms with Crippen molar-refractivity contribution in [2.75, 3.05) is 13.7 Å². The molecule has 196 valence electrons. The topological polar surface area (TPSA) is 160 Å². The van der Waals surface area contributed by atoms with Gasteiger partial charge in [0.15, 0.2) is 11.5 Å². The number of aromatic nitrogens is 2. The highest BCUT2D eigenvalue weighted by Gasteiger charge is 2.27. The van der Waals surface area contributed by atoms with Gasteiger partial charge in [0, 0.05) is 0 Å². The third-order valence-corrected chi connectivity index (χ3v) is 5.29. The van der Waals surface area contributed by atoms with Crippen molar-refractivity contribution in [1.82, 2.24) is 15.2 Å². The third kappa shape index (κ3) is 6.31. The van der Waals surface area contributed by atoms with Crippen LogP contribution in [0.4, 0.5) is 5.69 Å². The van der Waals surface area contributed by atoms with Crippen molar-refractivity contribution in [3.63, 3.8) is 0 Å². The smallest absolute Gasteiger partial charge is 0.373 e. The molecule has 1 N–H and O–H groups in total. The molecule has 0 aliphatic rings. The van der Waals surface area contributed by atoms with Gasteiger partial charge in [0.1, 0.15) is 29.8 Å². The lowest BCUT2D eigenvalue weighted by Gasteiger charge is -2.12. The minimum absolute atomic E-state index is 0.0585. The van der Waals surface area contributed by atoms with E-state index in [9.17, 15) is 19.7 Å². The number of furan rings is 1. The predicted molar refractivity (Wildman–Crippen MR) is 131 cm³/mol. The van der Waals surface area contributed by atoms with Crippen molar-refractivity contribution < 1.29 is 33.1 Å². The van der Waals surface area contributed by atoms with E-state index in [1.165, 1.54) is 37.9 Å². The summed E-state index contributed by atoms with van der Waals surface area (Å²) in [6.45, 7) is 6.89. The minimum atomic E-state index is -0.819. The van der Waals surface area contributed by atoms with Crippen molar-refractivity contribution in [1.29, 1.82) is 0 Å². The summed E-state index contributed by atoms with van der Waals surface area (Å²) in [6.07, 6.45) is 1.43. The Hall–Kier alpha value is -4.68. The van der Waals surface area contributed by atoms with Crippen molar-refractivity contribution in [2.24, 2.45) is 5.10 Å². The average Bonchev–Trinajstić information content (AvgIpc) is 3.46. The van der Waals surface area contributed by atoms with Crippen molar-refractivity contribution >= 4 is 23.8 Å². The fraction of sp³-hybridized carbons (Fsp3) is 0.333. The van der Waals surface area contributed by atoms with Gasteiger partial charge in [-0.05, 0) is 63.6 Å². The number of nitrogens with one attached hydrogen (secondary N) is 1. The molecule has 0 fully saturated rings. The van der Waals surface area contributed by atoms with E-state index in [2.05, 4.69) is 20.4 Å². The molecule has 0 radical (unpaired) electrons. The van der Waals surface area contributed by atoms with Gasteiger partial charge in [0.05, 0.1) is 24.9 Å². The number of aryl methyl sites for hydroxylation is 1. The molecule has 3 aromatic rings. The Morgan fingerprint density at radius 1 is 1.24 bits per heavy atom. The zero-order chi connectivity index (χ0) is 27.1. The molecule has 13 heteroatoms. The number of rotatable bonds is 11. The summed E-state index contributed by atoms with van der Waals surface area (Å²) < 4.78 is 22.7.